The third kappa shape index (κ3) is 6.32. The van der Waals surface area contributed by atoms with Gasteiger partial charge in [-0.15, -0.1) is 0 Å². The fraction of sp³-hybridized carbons (Fsp3) is 0.300. The van der Waals surface area contributed by atoms with E-state index in [4.69, 9.17) is 28.6 Å². The summed E-state index contributed by atoms with van der Waals surface area (Å²) in [6.45, 7) is 4.14. The minimum atomic E-state index is -0.448. The first-order valence-electron chi connectivity index (χ1n) is 8.57. The van der Waals surface area contributed by atoms with Crippen LogP contribution in [0.25, 0.3) is 0 Å². The van der Waals surface area contributed by atoms with Crippen molar-refractivity contribution in [1.82, 2.24) is 5.32 Å². The van der Waals surface area contributed by atoms with E-state index in [9.17, 15) is 4.79 Å². The Labute approximate surface area is 164 Å². The Hall–Kier alpha value is -2.11. The number of benzene rings is 2. The van der Waals surface area contributed by atoms with Gasteiger partial charge >= 0.3 is 5.97 Å². The molecule has 0 radical (unpaired) electrons. The van der Waals surface area contributed by atoms with E-state index in [1.807, 2.05) is 18.2 Å². The molecule has 4 nitrogen and oxygen atoms in total. The van der Waals surface area contributed by atoms with Crippen molar-refractivity contribution in [1.29, 1.82) is 0 Å². The number of hydrogen-bond acceptors (Lipinski definition) is 3. The SMILES string of the molecule is CCOC(=O)c1cc(NC(=S)NC(C)CCc2ccccc2)ccc1Cl. The van der Waals surface area contributed by atoms with Gasteiger partial charge in [0.15, 0.2) is 5.11 Å². The molecular weight excluding hydrogens is 368 g/mol. The van der Waals surface area contributed by atoms with Gasteiger partial charge in [0.2, 0.25) is 0 Å². The molecule has 26 heavy (non-hydrogen) atoms. The molecular formula is C20H23ClN2O2S. The highest BCUT2D eigenvalue weighted by molar-refractivity contribution is 7.80. The largest absolute Gasteiger partial charge is 0.462 e. The first-order chi connectivity index (χ1) is 12.5. The molecule has 2 N–H and O–H groups in total. The van der Waals surface area contributed by atoms with Gasteiger partial charge in [0.1, 0.15) is 0 Å². The van der Waals surface area contributed by atoms with E-state index in [0.29, 0.717) is 28.0 Å². The average Bonchev–Trinajstić information content (AvgIpc) is 2.62. The van der Waals surface area contributed by atoms with Gasteiger partial charge in [-0.3, -0.25) is 0 Å². The van der Waals surface area contributed by atoms with Crippen LogP contribution in [-0.4, -0.2) is 23.7 Å². The molecule has 0 saturated heterocycles. The van der Waals surface area contributed by atoms with Crippen LogP contribution < -0.4 is 10.6 Å². The normalized spacial score (nSPS) is 11.5. The first kappa shape index (κ1) is 20.2. The number of carbonyl (C=O) groups excluding carboxylic acids is 1. The Kier molecular flexibility index (Phi) is 7.88. The van der Waals surface area contributed by atoms with E-state index >= 15 is 0 Å². The van der Waals surface area contributed by atoms with Crippen LogP contribution in [0.3, 0.4) is 0 Å². The second-order valence-electron chi connectivity index (χ2n) is 5.94. The highest BCUT2D eigenvalue weighted by Gasteiger charge is 2.13. The molecule has 0 aliphatic heterocycles. The lowest BCUT2D eigenvalue weighted by Gasteiger charge is -2.17. The molecule has 138 valence electrons. The molecule has 0 aliphatic rings. The maximum absolute atomic E-state index is 11.9. The van der Waals surface area contributed by atoms with Crippen molar-refractivity contribution in [2.75, 3.05) is 11.9 Å². The Balaban J connectivity index is 1.88. The zero-order valence-corrected chi connectivity index (χ0v) is 16.5. The minimum absolute atomic E-state index is 0.215. The van der Waals surface area contributed by atoms with Crippen molar-refractivity contribution in [2.45, 2.75) is 32.7 Å². The number of carbonyl (C=O) groups is 1. The number of aryl methyl sites for hydroxylation is 1. The number of hydrogen-bond donors (Lipinski definition) is 2. The molecule has 0 aliphatic carbocycles. The van der Waals surface area contributed by atoms with Crippen LogP contribution in [-0.2, 0) is 11.2 Å². The summed E-state index contributed by atoms with van der Waals surface area (Å²) in [4.78, 5) is 11.9. The average molecular weight is 391 g/mol. The monoisotopic (exact) mass is 390 g/mol. The van der Waals surface area contributed by atoms with Crippen LogP contribution in [0.5, 0.6) is 0 Å². The van der Waals surface area contributed by atoms with E-state index in [2.05, 4.69) is 29.7 Å². The van der Waals surface area contributed by atoms with Gasteiger partial charge in [0.05, 0.1) is 17.2 Å². The molecule has 0 amide bonds. The highest BCUT2D eigenvalue weighted by atomic mass is 35.5. The Morgan fingerprint density at radius 1 is 1.23 bits per heavy atom. The van der Waals surface area contributed by atoms with E-state index in [0.717, 1.165) is 12.8 Å². The third-order valence-electron chi connectivity index (χ3n) is 3.81. The smallest absolute Gasteiger partial charge is 0.339 e. The molecule has 1 unspecified atom stereocenters. The van der Waals surface area contributed by atoms with Crippen molar-refractivity contribution >= 4 is 40.6 Å². The molecule has 2 aromatic rings. The van der Waals surface area contributed by atoms with Crippen LogP contribution in [0.1, 0.15) is 36.2 Å². The number of thiocarbonyl (C=S) groups is 1. The molecule has 0 fully saturated rings. The van der Waals surface area contributed by atoms with Gasteiger partial charge in [-0.2, -0.15) is 0 Å². The summed E-state index contributed by atoms with van der Waals surface area (Å²) in [6.07, 6.45) is 1.94. The predicted molar refractivity (Wildman–Crippen MR) is 111 cm³/mol. The quantitative estimate of drug-likeness (QED) is 0.524. The number of anilines is 1. The summed E-state index contributed by atoms with van der Waals surface area (Å²) < 4.78 is 5.01. The fourth-order valence-electron chi connectivity index (χ4n) is 2.46. The fourth-order valence-corrected chi connectivity index (χ4v) is 2.97. The van der Waals surface area contributed by atoms with Crippen LogP contribution >= 0.6 is 23.8 Å². The molecule has 0 spiro atoms. The molecule has 1 atom stereocenters. The second-order valence-corrected chi connectivity index (χ2v) is 6.75. The second kappa shape index (κ2) is 10.1. The summed E-state index contributed by atoms with van der Waals surface area (Å²) in [7, 11) is 0. The van der Waals surface area contributed by atoms with Crippen molar-refractivity contribution < 1.29 is 9.53 Å². The lowest BCUT2D eigenvalue weighted by atomic mass is 10.1. The van der Waals surface area contributed by atoms with Crippen LogP contribution in [0.15, 0.2) is 48.5 Å². The molecule has 2 aromatic carbocycles. The van der Waals surface area contributed by atoms with Gasteiger partial charge in [0.25, 0.3) is 0 Å². The third-order valence-corrected chi connectivity index (χ3v) is 4.36. The van der Waals surface area contributed by atoms with Crippen molar-refractivity contribution in [3.8, 4) is 0 Å². The van der Waals surface area contributed by atoms with Crippen LogP contribution in [0.2, 0.25) is 5.02 Å². The predicted octanol–water partition coefficient (Wildman–Crippen LogP) is 4.82. The molecule has 0 aromatic heterocycles. The Bertz CT molecular complexity index is 753. The molecule has 0 saturated carbocycles. The number of rotatable bonds is 7. The van der Waals surface area contributed by atoms with Crippen molar-refractivity contribution in [2.24, 2.45) is 0 Å². The molecule has 6 heteroatoms. The Morgan fingerprint density at radius 3 is 2.65 bits per heavy atom. The summed E-state index contributed by atoms with van der Waals surface area (Å²) in [5.74, 6) is -0.448. The van der Waals surface area contributed by atoms with Gasteiger partial charge in [0, 0.05) is 11.7 Å². The maximum atomic E-state index is 11.9. The van der Waals surface area contributed by atoms with Gasteiger partial charge in [-0.05, 0) is 62.7 Å². The topological polar surface area (TPSA) is 50.4 Å². The van der Waals surface area contributed by atoms with Crippen molar-refractivity contribution in [3.05, 3.63) is 64.7 Å². The van der Waals surface area contributed by atoms with Gasteiger partial charge in [-0.1, -0.05) is 41.9 Å². The van der Waals surface area contributed by atoms with Crippen LogP contribution in [0.4, 0.5) is 5.69 Å². The Morgan fingerprint density at radius 2 is 1.96 bits per heavy atom. The van der Waals surface area contributed by atoms with E-state index in [1.54, 1.807) is 25.1 Å². The lowest BCUT2D eigenvalue weighted by Crippen LogP contribution is -2.36. The minimum Gasteiger partial charge on any atom is -0.462 e. The number of nitrogens with one attached hydrogen (secondary N) is 2. The van der Waals surface area contributed by atoms with E-state index in [-0.39, 0.29) is 6.04 Å². The number of esters is 1. The van der Waals surface area contributed by atoms with E-state index in [1.165, 1.54) is 5.56 Å². The van der Waals surface area contributed by atoms with Gasteiger partial charge in [-0.25, -0.2) is 4.79 Å². The van der Waals surface area contributed by atoms with E-state index < -0.39 is 5.97 Å². The molecule has 2 rings (SSSR count). The lowest BCUT2D eigenvalue weighted by molar-refractivity contribution is 0.0526. The zero-order valence-electron chi connectivity index (χ0n) is 14.9. The molecule has 0 heterocycles. The number of halogens is 1. The highest BCUT2D eigenvalue weighted by Crippen LogP contribution is 2.21. The summed E-state index contributed by atoms with van der Waals surface area (Å²) in [5, 5.41) is 7.20. The van der Waals surface area contributed by atoms with Gasteiger partial charge < -0.3 is 15.4 Å². The molecule has 0 bridgehead atoms. The summed E-state index contributed by atoms with van der Waals surface area (Å²) in [5.41, 5.74) is 2.31. The maximum Gasteiger partial charge on any atom is 0.339 e. The van der Waals surface area contributed by atoms with Crippen LogP contribution in [0, 0.1) is 0 Å². The standard InChI is InChI=1S/C20H23ClN2O2S/c1-3-25-19(24)17-13-16(11-12-18(17)21)23-20(26)22-14(2)9-10-15-7-5-4-6-8-15/h4-8,11-14H,3,9-10H2,1-2H3,(H2,22,23,26). The van der Waals surface area contributed by atoms with Crippen molar-refractivity contribution in [3.63, 3.8) is 0 Å². The first-order valence-corrected chi connectivity index (χ1v) is 9.36. The number of ether oxygens (including phenoxy) is 1. The zero-order chi connectivity index (χ0) is 18.9. The summed E-state index contributed by atoms with van der Waals surface area (Å²) in [6, 6.07) is 15.6. The summed E-state index contributed by atoms with van der Waals surface area (Å²) >= 11 is 11.4.